The summed E-state index contributed by atoms with van der Waals surface area (Å²) in [6.07, 6.45) is 22.1. The molecular formula is C97H80F3N21O8. The first-order valence-corrected chi connectivity index (χ1v) is 40.9. The second-order valence-corrected chi connectivity index (χ2v) is 30.4. The lowest BCUT2D eigenvalue weighted by Gasteiger charge is -2.19. The monoisotopic (exact) mass is 1720 g/mol. The summed E-state index contributed by atoms with van der Waals surface area (Å²) in [5, 5.41) is 67.2. The number of ether oxygens (including phenoxy) is 4. The third-order valence-electron chi connectivity index (χ3n) is 21.2. The van der Waals surface area contributed by atoms with Gasteiger partial charge in [0.25, 0.3) is 23.6 Å². The summed E-state index contributed by atoms with van der Waals surface area (Å²) in [7, 11) is 6.82. The Morgan fingerprint density at radius 3 is 1.17 bits per heavy atom. The van der Waals surface area contributed by atoms with Crippen molar-refractivity contribution in [3.63, 3.8) is 0 Å². The van der Waals surface area contributed by atoms with E-state index in [1.54, 1.807) is 160 Å². The summed E-state index contributed by atoms with van der Waals surface area (Å²) in [5.41, 5.74) is 15.0. The van der Waals surface area contributed by atoms with Crippen LogP contribution in [0, 0.1) is 62.8 Å². The molecule has 2 saturated carbocycles. The van der Waals surface area contributed by atoms with E-state index < -0.39 is 11.6 Å². The Balaban J connectivity index is 0.000000132. The minimum absolute atomic E-state index is 0.123. The summed E-state index contributed by atoms with van der Waals surface area (Å²) < 4.78 is 64.9. The standard InChI is InChI=1S/C25H20FN5O2.C25H21N5O2.C24H19F2N5O2.C23H20N6O2/c1-31(14-17-12-28-22(11-27)21-13-29-30-24(17)21)25(32)16-5-8-20(15-3-2-4-18(26)9-15)23(10-16)33-19-6-7-19;1-30(15-18-13-27-22(12-26)21-14-28-29-24(18)21)25(31)17-7-10-20(16-5-3-2-4-6-16)23(11-17)32-19-8-9-19;1-3-33-22-8-14(4-5-19(22)15-6-17(25)9-18(26)7-15)24(32)31(2)13-16-11-28-21(10-27)20-12-29-30-23(16)20;1-3-31-21-7-16(4-5-20(21)17-6-15(8-24)9-25-10-17)23(30)29(2)14-19-12-26-11-18-13-27-28-22(18)19/h2-5,8-10,12-13,19H,6-7,14H2,1H3,(H,29,30);2-7,10-11,13-14,19H,8-9,15H2,1H3,(H,28,29);4-9,11-12H,3,13H2,1-2H3,(H,29,30);4-7,9-13H,3,14H2,1-2H3,(H,27,28). The maximum absolute atomic E-state index is 13.8. The Morgan fingerprint density at radius 2 is 0.752 bits per heavy atom. The molecule has 32 heteroatoms. The van der Waals surface area contributed by atoms with E-state index in [4.69, 9.17) is 24.2 Å². The van der Waals surface area contributed by atoms with Gasteiger partial charge in [-0.05, 0) is 159 Å². The van der Waals surface area contributed by atoms with E-state index >= 15 is 0 Å². The zero-order chi connectivity index (χ0) is 90.4. The van der Waals surface area contributed by atoms with Gasteiger partial charge in [-0.2, -0.15) is 41.4 Å². The van der Waals surface area contributed by atoms with Gasteiger partial charge in [0.2, 0.25) is 0 Å². The van der Waals surface area contributed by atoms with Crippen molar-refractivity contribution in [1.82, 2.24) is 85.3 Å². The van der Waals surface area contributed by atoms with E-state index in [-0.39, 0.29) is 66.1 Å². The Bertz CT molecular complexity index is 7080. The molecule has 18 rings (SSSR count). The molecule has 0 saturated heterocycles. The van der Waals surface area contributed by atoms with Crippen molar-refractivity contribution in [3.05, 3.63) is 304 Å². The number of amides is 4. The van der Waals surface area contributed by atoms with Crippen molar-refractivity contribution in [3.8, 4) is 91.8 Å². The molecule has 0 atom stereocenters. The number of rotatable bonds is 24. The van der Waals surface area contributed by atoms with Crippen molar-refractivity contribution in [2.75, 3.05) is 41.4 Å². The molecule has 0 aliphatic heterocycles. The number of pyridine rings is 5. The molecule has 2 aliphatic rings. The Labute approximate surface area is 736 Å². The molecule has 9 aromatic heterocycles. The largest absolute Gasteiger partial charge is 0.493 e. The van der Waals surface area contributed by atoms with Crippen molar-refractivity contribution >= 4 is 67.2 Å². The third-order valence-corrected chi connectivity index (χ3v) is 21.2. The van der Waals surface area contributed by atoms with Crippen LogP contribution < -0.4 is 18.9 Å². The molecule has 4 amide bonds. The average Bonchev–Trinajstić information content (AvgIpc) is 1.79. The number of fused-ring (bicyclic) bond motifs is 4. The summed E-state index contributed by atoms with van der Waals surface area (Å²) in [6.45, 7) is 5.63. The molecule has 29 nitrogen and oxygen atoms in total. The summed E-state index contributed by atoms with van der Waals surface area (Å²) in [6, 6.07) is 50.5. The van der Waals surface area contributed by atoms with Crippen LogP contribution in [0.15, 0.2) is 220 Å². The van der Waals surface area contributed by atoms with Gasteiger partial charge < -0.3 is 38.5 Å². The molecular weight excluding hydrogens is 1640 g/mol. The number of nitrogens with one attached hydrogen (secondary N) is 4. The van der Waals surface area contributed by atoms with Crippen LogP contribution in [-0.2, 0) is 26.2 Å². The number of carbonyl (C=O) groups is 4. The van der Waals surface area contributed by atoms with Crippen LogP contribution in [-0.4, -0.2) is 163 Å². The van der Waals surface area contributed by atoms with Crippen molar-refractivity contribution in [2.45, 2.75) is 77.9 Å². The van der Waals surface area contributed by atoms with Crippen molar-refractivity contribution < 1.29 is 51.3 Å². The normalized spacial score (nSPS) is 11.9. The van der Waals surface area contributed by atoms with E-state index in [2.05, 4.69) is 77.8 Å². The van der Waals surface area contributed by atoms with Gasteiger partial charge in [0.1, 0.15) is 64.7 Å². The van der Waals surface area contributed by atoms with E-state index in [1.165, 1.54) is 47.8 Å². The second kappa shape index (κ2) is 39.2. The van der Waals surface area contributed by atoms with Gasteiger partial charge in [-0.25, -0.2) is 28.1 Å². The van der Waals surface area contributed by atoms with Crippen LogP contribution in [0.25, 0.3) is 88.1 Å². The molecule has 0 unspecified atom stereocenters. The smallest absolute Gasteiger partial charge is 0.254 e. The number of nitriles is 4. The average molecular weight is 1720 g/mol. The van der Waals surface area contributed by atoms with Crippen LogP contribution in [0.3, 0.4) is 0 Å². The Morgan fingerprint density at radius 1 is 0.372 bits per heavy atom. The predicted molar refractivity (Wildman–Crippen MR) is 472 cm³/mol. The molecule has 2 fully saturated rings. The lowest BCUT2D eigenvalue weighted by molar-refractivity contribution is 0.0778. The van der Waals surface area contributed by atoms with Gasteiger partial charge in [0.05, 0.1) is 94.0 Å². The fraction of sp³-hybridized carbons (Fsp3) is 0.186. The fourth-order valence-electron chi connectivity index (χ4n) is 14.5. The first kappa shape index (κ1) is 86.9. The molecule has 16 aromatic rings. The van der Waals surface area contributed by atoms with E-state index in [9.17, 15) is 48.1 Å². The molecule has 2 aliphatic carbocycles. The number of carbonyl (C=O) groups excluding carboxylic acids is 4. The minimum atomic E-state index is -0.700. The van der Waals surface area contributed by atoms with Crippen LogP contribution in [0.1, 0.15) is 126 Å². The van der Waals surface area contributed by atoms with Crippen molar-refractivity contribution in [2.24, 2.45) is 0 Å². The maximum atomic E-state index is 13.8. The minimum Gasteiger partial charge on any atom is -0.493 e. The van der Waals surface area contributed by atoms with Gasteiger partial charge in [-0.3, -0.25) is 49.5 Å². The highest BCUT2D eigenvalue weighted by Crippen LogP contribution is 2.40. The van der Waals surface area contributed by atoms with Crippen LogP contribution in [0.5, 0.6) is 23.0 Å². The number of nitrogens with zero attached hydrogens (tertiary/aromatic N) is 17. The number of aromatic nitrogens is 13. The van der Waals surface area contributed by atoms with Crippen LogP contribution >= 0.6 is 0 Å². The molecule has 129 heavy (non-hydrogen) atoms. The van der Waals surface area contributed by atoms with E-state index in [0.717, 1.165) is 92.9 Å². The number of H-pyrrole nitrogens is 4. The Kier molecular flexibility index (Phi) is 26.4. The first-order valence-electron chi connectivity index (χ1n) is 40.9. The fourth-order valence-corrected chi connectivity index (χ4v) is 14.5. The van der Waals surface area contributed by atoms with Gasteiger partial charge in [-0.1, -0.05) is 42.5 Å². The van der Waals surface area contributed by atoms with Gasteiger partial charge in [0.15, 0.2) is 17.1 Å². The number of hydrogen-bond donors (Lipinski definition) is 4. The molecule has 0 bridgehead atoms. The van der Waals surface area contributed by atoms with Gasteiger partial charge in [0, 0.05) is 182 Å². The Hall–Kier alpha value is -17.0. The molecule has 642 valence electrons. The summed E-state index contributed by atoms with van der Waals surface area (Å²) in [4.78, 5) is 79.8. The number of benzene rings is 7. The molecule has 7 aromatic carbocycles. The van der Waals surface area contributed by atoms with E-state index in [1.807, 2.05) is 79.7 Å². The van der Waals surface area contributed by atoms with Crippen LogP contribution in [0.4, 0.5) is 13.2 Å². The van der Waals surface area contributed by atoms with Gasteiger partial charge >= 0.3 is 0 Å². The number of halogens is 3. The molecule has 9 heterocycles. The lowest BCUT2D eigenvalue weighted by atomic mass is 10.0. The van der Waals surface area contributed by atoms with Gasteiger partial charge in [-0.15, -0.1) is 0 Å². The molecule has 0 spiro atoms. The SMILES string of the molecule is CCOc1cc(C(=O)N(C)Cc2cnc(C#N)c3cn[nH]c23)ccc1-c1cc(F)cc(F)c1.CCOc1cc(C(=O)N(C)Cc2cncc3cn[nH]c23)ccc1-c1cncc(C#N)c1.CN(Cc1cnc(C#N)c2cn[nH]c12)C(=O)c1ccc(-c2cccc(F)c2)c(OC2CC2)c1.CN(Cc1cnc(C#N)c2cn[nH]c12)C(=O)c1ccc(-c2ccccc2)c(OC2CC2)c1. The topological polar surface area (TPSA) is 392 Å². The van der Waals surface area contributed by atoms with Crippen LogP contribution in [0.2, 0.25) is 0 Å². The highest BCUT2D eigenvalue weighted by atomic mass is 19.1. The quantitative estimate of drug-likeness (QED) is 0.0436. The lowest BCUT2D eigenvalue weighted by Crippen LogP contribution is -2.26. The molecule has 0 radical (unpaired) electrons. The summed E-state index contributed by atoms with van der Waals surface area (Å²) in [5.74, 6) is -0.271. The predicted octanol–water partition coefficient (Wildman–Crippen LogP) is 16.8. The highest BCUT2D eigenvalue weighted by molar-refractivity contribution is 5.99. The number of hydrogen-bond acceptors (Lipinski definition) is 21. The maximum Gasteiger partial charge on any atom is 0.254 e. The van der Waals surface area contributed by atoms with E-state index in [0.29, 0.717) is 132 Å². The van der Waals surface area contributed by atoms with Crippen molar-refractivity contribution in [1.29, 1.82) is 21.0 Å². The number of aromatic amines is 4. The zero-order valence-corrected chi connectivity index (χ0v) is 70.5. The first-order chi connectivity index (χ1) is 62.7. The third kappa shape index (κ3) is 20.1. The molecule has 4 N–H and O–H groups in total. The summed E-state index contributed by atoms with van der Waals surface area (Å²) >= 11 is 0. The zero-order valence-electron chi connectivity index (χ0n) is 70.5. The second-order valence-electron chi connectivity index (χ2n) is 30.4. The highest BCUT2D eigenvalue weighted by Gasteiger charge is 2.30.